The second-order valence-electron chi connectivity index (χ2n) is 7.19. The van der Waals surface area contributed by atoms with Gasteiger partial charge >= 0.3 is 35.8 Å². The standard InChI is InChI=1S/C18H22F13NO/c1-3-10-32(12(33)4-2)11-8-6-5-7-9-13(19,20)14(21,22)15(23,24)16(25,26)17(27,28)18(29,30)31/h4H,2-3,5-11H2,1H3. The van der Waals surface area contributed by atoms with E-state index in [-0.39, 0.29) is 25.8 Å². The molecule has 0 N–H and O–H groups in total. The molecule has 15 heteroatoms. The molecule has 0 aliphatic heterocycles. The van der Waals surface area contributed by atoms with Crippen LogP contribution < -0.4 is 0 Å². The molecule has 0 radical (unpaired) electrons. The van der Waals surface area contributed by atoms with E-state index in [2.05, 4.69) is 6.58 Å². The summed E-state index contributed by atoms with van der Waals surface area (Å²) in [5.74, 6) is -37.0. The van der Waals surface area contributed by atoms with Crippen molar-refractivity contribution in [2.24, 2.45) is 0 Å². The van der Waals surface area contributed by atoms with E-state index >= 15 is 0 Å². The molecule has 196 valence electrons. The number of hydrogen-bond acceptors (Lipinski definition) is 1. The summed E-state index contributed by atoms with van der Waals surface area (Å²) in [5, 5.41) is 0. The maximum atomic E-state index is 13.6. The lowest BCUT2D eigenvalue weighted by Gasteiger charge is -2.39. The molecule has 0 saturated carbocycles. The molecule has 1 amide bonds. The molecule has 0 aliphatic carbocycles. The van der Waals surface area contributed by atoms with Crippen LogP contribution in [-0.2, 0) is 4.79 Å². The highest BCUT2D eigenvalue weighted by Gasteiger charge is 2.90. The predicted octanol–water partition coefficient (Wildman–Crippen LogP) is 7.10. The number of carbonyl (C=O) groups excluding carboxylic acids is 1. The molecule has 0 heterocycles. The van der Waals surface area contributed by atoms with E-state index in [4.69, 9.17) is 0 Å². The Bertz CT molecular complexity index is 658. The van der Waals surface area contributed by atoms with E-state index in [0.29, 0.717) is 13.0 Å². The molecule has 0 bridgehead atoms. The summed E-state index contributed by atoms with van der Waals surface area (Å²) < 4.78 is 169. The van der Waals surface area contributed by atoms with E-state index in [9.17, 15) is 61.9 Å². The fourth-order valence-electron chi connectivity index (χ4n) is 2.69. The van der Waals surface area contributed by atoms with Crippen LogP contribution in [0.2, 0.25) is 0 Å². The van der Waals surface area contributed by atoms with Crippen molar-refractivity contribution in [3.05, 3.63) is 12.7 Å². The fourth-order valence-corrected chi connectivity index (χ4v) is 2.69. The second-order valence-corrected chi connectivity index (χ2v) is 7.19. The highest BCUT2D eigenvalue weighted by molar-refractivity contribution is 5.86. The Morgan fingerprint density at radius 3 is 1.58 bits per heavy atom. The summed E-state index contributed by atoms with van der Waals surface area (Å²) in [5.41, 5.74) is 0. The monoisotopic (exact) mass is 515 g/mol. The third kappa shape index (κ3) is 6.25. The smallest absolute Gasteiger partial charge is 0.339 e. The Morgan fingerprint density at radius 1 is 0.697 bits per heavy atom. The number of amides is 1. The first kappa shape index (κ1) is 31.3. The summed E-state index contributed by atoms with van der Waals surface area (Å²) in [6, 6.07) is 0. The Kier molecular flexibility index (Phi) is 10.2. The molecule has 0 aromatic heterocycles. The van der Waals surface area contributed by atoms with Gasteiger partial charge in [-0.1, -0.05) is 26.3 Å². The average Bonchev–Trinajstić information content (AvgIpc) is 2.67. The van der Waals surface area contributed by atoms with Gasteiger partial charge in [-0.15, -0.1) is 0 Å². The third-order valence-electron chi connectivity index (χ3n) is 4.65. The first-order chi connectivity index (χ1) is 14.7. The van der Waals surface area contributed by atoms with Crippen LogP contribution in [-0.4, -0.2) is 59.7 Å². The van der Waals surface area contributed by atoms with Gasteiger partial charge in [0.1, 0.15) is 0 Å². The van der Waals surface area contributed by atoms with Crippen LogP contribution in [0, 0.1) is 0 Å². The minimum absolute atomic E-state index is 0.00495. The highest BCUT2D eigenvalue weighted by Crippen LogP contribution is 2.60. The van der Waals surface area contributed by atoms with Crippen LogP contribution in [0.1, 0.15) is 45.4 Å². The summed E-state index contributed by atoms with van der Waals surface area (Å²) in [4.78, 5) is 12.9. The van der Waals surface area contributed by atoms with Crippen LogP contribution in [0.25, 0.3) is 0 Å². The molecule has 0 spiro atoms. The zero-order valence-electron chi connectivity index (χ0n) is 17.2. The minimum Gasteiger partial charge on any atom is -0.339 e. The quantitative estimate of drug-likeness (QED) is 0.137. The molecular weight excluding hydrogens is 493 g/mol. The van der Waals surface area contributed by atoms with Crippen molar-refractivity contribution < 1.29 is 61.9 Å². The lowest BCUT2D eigenvalue weighted by atomic mass is 9.91. The van der Waals surface area contributed by atoms with Gasteiger partial charge in [0.15, 0.2) is 0 Å². The second kappa shape index (κ2) is 10.7. The predicted molar refractivity (Wildman–Crippen MR) is 90.9 cm³/mol. The highest BCUT2D eigenvalue weighted by atomic mass is 19.4. The lowest BCUT2D eigenvalue weighted by molar-refractivity contribution is -0.440. The summed E-state index contributed by atoms with van der Waals surface area (Å²) in [6.07, 6.45) is -9.17. The average molecular weight is 515 g/mol. The summed E-state index contributed by atoms with van der Waals surface area (Å²) in [6.45, 7) is 5.45. The van der Waals surface area contributed by atoms with Gasteiger partial charge in [-0.25, -0.2) is 0 Å². The maximum absolute atomic E-state index is 13.6. The van der Waals surface area contributed by atoms with Crippen LogP contribution in [0.5, 0.6) is 0 Å². The molecule has 0 aromatic rings. The first-order valence-electron chi connectivity index (χ1n) is 9.52. The Labute approximate surface area is 180 Å². The number of carbonyl (C=O) groups is 1. The molecule has 0 saturated heterocycles. The number of nitrogens with zero attached hydrogens (tertiary/aromatic N) is 1. The number of alkyl halides is 13. The van der Waals surface area contributed by atoms with E-state index in [0.717, 1.165) is 6.08 Å². The SMILES string of the molecule is C=CC(=O)N(CCC)CCCCCCC(F)(F)C(F)(F)C(F)(F)C(F)(F)C(F)(F)C(F)(F)F. The van der Waals surface area contributed by atoms with Crippen molar-refractivity contribution in [3.63, 3.8) is 0 Å². The van der Waals surface area contributed by atoms with Crippen molar-refractivity contribution >= 4 is 5.91 Å². The van der Waals surface area contributed by atoms with Crippen LogP contribution in [0.3, 0.4) is 0 Å². The fraction of sp³-hybridized carbons (Fsp3) is 0.833. The normalized spacial score (nSPS) is 14.4. The van der Waals surface area contributed by atoms with Crippen LogP contribution >= 0.6 is 0 Å². The number of hydrogen-bond donors (Lipinski definition) is 0. The van der Waals surface area contributed by atoms with Gasteiger partial charge in [-0.3, -0.25) is 4.79 Å². The molecule has 0 unspecified atom stereocenters. The number of unbranched alkanes of at least 4 members (excludes halogenated alkanes) is 3. The van der Waals surface area contributed by atoms with Gasteiger partial charge in [0, 0.05) is 19.5 Å². The zero-order chi connectivity index (χ0) is 26.5. The van der Waals surface area contributed by atoms with Gasteiger partial charge in [0.2, 0.25) is 5.91 Å². The maximum Gasteiger partial charge on any atom is 0.460 e. The van der Waals surface area contributed by atoms with Crippen molar-refractivity contribution in [1.82, 2.24) is 4.90 Å². The minimum atomic E-state index is -7.87. The largest absolute Gasteiger partial charge is 0.460 e. The first-order valence-corrected chi connectivity index (χ1v) is 9.52. The van der Waals surface area contributed by atoms with Gasteiger partial charge in [0.05, 0.1) is 0 Å². The van der Waals surface area contributed by atoms with Crippen molar-refractivity contribution in [2.75, 3.05) is 13.1 Å². The molecule has 0 atom stereocenters. The van der Waals surface area contributed by atoms with Gasteiger partial charge in [-0.2, -0.15) is 57.1 Å². The van der Waals surface area contributed by atoms with E-state index < -0.39 is 54.5 Å². The van der Waals surface area contributed by atoms with E-state index in [1.807, 2.05) is 0 Å². The van der Waals surface area contributed by atoms with Gasteiger partial charge < -0.3 is 4.90 Å². The van der Waals surface area contributed by atoms with Crippen molar-refractivity contribution in [1.29, 1.82) is 0 Å². The van der Waals surface area contributed by atoms with Crippen LogP contribution in [0.4, 0.5) is 57.1 Å². The molecule has 33 heavy (non-hydrogen) atoms. The summed E-state index contributed by atoms with van der Waals surface area (Å²) >= 11 is 0. The zero-order valence-corrected chi connectivity index (χ0v) is 17.2. The number of rotatable bonds is 14. The Hall–Kier alpha value is -1.70. The Morgan fingerprint density at radius 2 is 1.15 bits per heavy atom. The van der Waals surface area contributed by atoms with Crippen molar-refractivity contribution in [3.8, 4) is 0 Å². The molecule has 0 aliphatic rings. The topological polar surface area (TPSA) is 20.3 Å². The lowest BCUT2D eigenvalue weighted by Crippen LogP contribution is -2.70. The van der Waals surface area contributed by atoms with E-state index in [1.165, 1.54) is 4.90 Å². The summed E-state index contributed by atoms with van der Waals surface area (Å²) in [7, 11) is 0. The molecule has 2 nitrogen and oxygen atoms in total. The third-order valence-corrected chi connectivity index (χ3v) is 4.65. The van der Waals surface area contributed by atoms with Gasteiger partial charge in [0.25, 0.3) is 0 Å². The van der Waals surface area contributed by atoms with E-state index in [1.54, 1.807) is 6.92 Å². The number of halogens is 13. The van der Waals surface area contributed by atoms with Gasteiger partial charge in [-0.05, 0) is 25.3 Å². The van der Waals surface area contributed by atoms with Crippen molar-refractivity contribution in [2.45, 2.75) is 81.2 Å². The van der Waals surface area contributed by atoms with Crippen LogP contribution in [0.15, 0.2) is 12.7 Å². The molecule has 0 aromatic carbocycles. The molecule has 0 rings (SSSR count). The molecule has 0 fully saturated rings. The Balaban J connectivity index is 5.19. The molecular formula is C18H22F13NO.